The number of rotatable bonds is 5. The number of hydrogen-bond acceptors (Lipinski definition) is 5. The lowest BCUT2D eigenvalue weighted by Gasteiger charge is -2.35. The molecule has 2 heterocycles. The van der Waals surface area contributed by atoms with Gasteiger partial charge in [-0.25, -0.2) is 0 Å². The lowest BCUT2D eigenvalue weighted by atomic mass is 10.1. The molecule has 7 heteroatoms. The van der Waals surface area contributed by atoms with Gasteiger partial charge in [0.1, 0.15) is 5.75 Å². The van der Waals surface area contributed by atoms with Gasteiger partial charge in [-0.15, -0.1) is 0 Å². The first-order valence-electron chi connectivity index (χ1n) is 9.56. The number of non-ortho nitro benzene ring substituents is 1. The van der Waals surface area contributed by atoms with Crippen molar-refractivity contribution < 1.29 is 14.5 Å². The average Bonchev–Trinajstić information content (AvgIpc) is 3.17. The molecule has 2 aliphatic heterocycles. The molecule has 2 aliphatic rings. The van der Waals surface area contributed by atoms with E-state index < -0.39 is 4.92 Å². The van der Waals surface area contributed by atoms with Crippen LogP contribution in [-0.4, -0.2) is 53.4 Å². The fourth-order valence-electron chi connectivity index (χ4n) is 3.77. The van der Waals surface area contributed by atoms with E-state index in [1.165, 1.54) is 23.3 Å². The Bertz CT molecular complexity index is 874. The zero-order valence-corrected chi connectivity index (χ0v) is 15.7. The number of nitro groups is 1. The first kappa shape index (κ1) is 18.4. The Morgan fingerprint density at radius 3 is 2.46 bits per heavy atom. The van der Waals surface area contributed by atoms with Crippen LogP contribution in [0.3, 0.4) is 0 Å². The summed E-state index contributed by atoms with van der Waals surface area (Å²) in [5.41, 5.74) is 3.42. The second kappa shape index (κ2) is 7.98. The first-order chi connectivity index (χ1) is 13.6. The van der Waals surface area contributed by atoms with Gasteiger partial charge >= 0.3 is 0 Å². The van der Waals surface area contributed by atoms with Gasteiger partial charge in [-0.3, -0.25) is 19.8 Å². The third-order valence-corrected chi connectivity index (χ3v) is 5.39. The van der Waals surface area contributed by atoms with Crippen molar-refractivity contribution in [2.45, 2.75) is 19.4 Å². The fourth-order valence-corrected chi connectivity index (χ4v) is 3.77. The molecular weight excluding hydrogens is 358 g/mol. The largest absolute Gasteiger partial charge is 0.493 e. The normalized spacial score (nSPS) is 16.5. The summed E-state index contributed by atoms with van der Waals surface area (Å²) in [6.07, 6.45) is 1.26. The predicted molar refractivity (Wildman–Crippen MR) is 104 cm³/mol. The topological polar surface area (TPSA) is 75.9 Å². The highest BCUT2D eigenvalue weighted by Crippen LogP contribution is 2.26. The minimum absolute atomic E-state index is 0.0444. The maximum absolute atomic E-state index is 12.5. The maximum atomic E-state index is 12.5. The predicted octanol–water partition coefficient (Wildman–Crippen LogP) is 2.42. The number of carbonyl (C=O) groups is 1. The minimum Gasteiger partial charge on any atom is -0.493 e. The number of amides is 1. The van der Waals surface area contributed by atoms with Crippen molar-refractivity contribution in [3.05, 3.63) is 69.3 Å². The van der Waals surface area contributed by atoms with Crippen molar-refractivity contribution in [3.63, 3.8) is 0 Å². The van der Waals surface area contributed by atoms with Gasteiger partial charge in [0.2, 0.25) is 5.91 Å². The van der Waals surface area contributed by atoms with Crippen molar-refractivity contribution in [1.82, 2.24) is 9.80 Å². The minimum atomic E-state index is -0.432. The van der Waals surface area contributed by atoms with Crippen LogP contribution in [0.4, 0.5) is 5.69 Å². The van der Waals surface area contributed by atoms with Crippen LogP contribution < -0.4 is 4.74 Å². The van der Waals surface area contributed by atoms with Crippen LogP contribution >= 0.6 is 0 Å². The van der Waals surface area contributed by atoms with Gasteiger partial charge in [-0.05, 0) is 22.8 Å². The Morgan fingerprint density at radius 2 is 1.75 bits per heavy atom. The van der Waals surface area contributed by atoms with Crippen molar-refractivity contribution in [1.29, 1.82) is 0 Å². The van der Waals surface area contributed by atoms with Crippen LogP contribution in [0.1, 0.15) is 16.7 Å². The molecule has 0 saturated carbocycles. The van der Waals surface area contributed by atoms with Crippen LogP contribution in [0.25, 0.3) is 0 Å². The van der Waals surface area contributed by atoms with Crippen molar-refractivity contribution in [3.8, 4) is 5.75 Å². The van der Waals surface area contributed by atoms with Gasteiger partial charge < -0.3 is 9.64 Å². The number of nitrogens with zero attached hydrogens (tertiary/aromatic N) is 3. The molecule has 0 aliphatic carbocycles. The van der Waals surface area contributed by atoms with Crippen LogP contribution in [-0.2, 0) is 24.2 Å². The summed E-state index contributed by atoms with van der Waals surface area (Å²) in [5.74, 6) is 1.08. The van der Waals surface area contributed by atoms with E-state index >= 15 is 0 Å². The zero-order valence-electron chi connectivity index (χ0n) is 15.7. The first-order valence-corrected chi connectivity index (χ1v) is 9.56. The summed E-state index contributed by atoms with van der Waals surface area (Å²) in [5, 5.41) is 10.7. The van der Waals surface area contributed by atoms with Gasteiger partial charge in [0, 0.05) is 51.3 Å². The Labute approximate surface area is 163 Å². The van der Waals surface area contributed by atoms with Gasteiger partial charge in [0.25, 0.3) is 5.69 Å². The third-order valence-electron chi connectivity index (χ3n) is 5.39. The lowest BCUT2D eigenvalue weighted by molar-refractivity contribution is -0.384. The molecule has 146 valence electrons. The van der Waals surface area contributed by atoms with Gasteiger partial charge in [0.15, 0.2) is 0 Å². The van der Waals surface area contributed by atoms with Crippen LogP contribution in [0.15, 0.2) is 42.5 Å². The highest BCUT2D eigenvalue weighted by Gasteiger charge is 2.22. The molecule has 2 aromatic carbocycles. The van der Waals surface area contributed by atoms with E-state index in [0.29, 0.717) is 13.1 Å². The molecule has 2 aromatic rings. The third kappa shape index (κ3) is 4.14. The highest BCUT2D eigenvalue weighted by molar-refractivity contribution is 5.79. The summed E-state index contributed by atoms with van der Waals surface area (Å²) in [6, 6.07) is 12.6. The summed E-state index contributed by atoms with van der Waals surface area (Å²) < 4.78 is 5.56. The van der Waals surface area contributed by atoms with E-state index in [0.717, 1.165) is 44.0 Å². The van der Waals surface area contributed by atoms with Gasteiger partial charge in [0.05, 0.1) is 18.0 Å². The molecule has 1 fully saturated rings. The highest BCUT2D eigenvalue weighted by atomic mass is 16.6. The molecule has 7 nitrogen and oxygen atoms in total. The smallest absolute Gasteiger partial charge is 0.269 e. The van der Waals surface area contributed by atoms with Gasteiger partial charge in [-0.1, -0.05) is 24.3 Å². The fraction of sp³-hybridized carbons (Fsp3) is 0.381. The van der Waals surface area contributed by atoms with Crippen LogP contribution in [0, 0.1) is 10.1 Å². The summed E-state index contributed by atoms with van der Waals surface area (Å²) in [4.78, 5) is 27.1. The van der Waals surface area contributed by atoms with Crippen molar-refractivity contribution >= 4 is 11.6 Å². The molecule has 0 bridgehead atoms. The SMILES string of the molecule is O=C(Cc1ccc([N+](=O)[O-])cc1)N1CCN(Cc2ccc3c(c2)CCO3)CC1. The number of nitro benzene ring substituents is 1. The standard InChI is InChI=1S/C21H23N3O4/c25-21(14-16-1-4-19(5-2-16)24(26)27)23-10-8-22(9-11-23)15-17-3-6-20-18(13-17)7-12-28-20/h1-6,13H,7-12,14-15H2. The molecule has 0 N–H and O–H groups in total. The second-order valence-electron chi connectivity index (χ2n) is 7.30. The van der Waals surface area contributed by atoms with Gasteiger partial charge in [-0.2, -0.15) is 0 Å². The molecule has 0 atom stereocenters. The monoisotopic (exact) mass is 381 g/mol. The second-order valence-corrected chi connectivity index (χ2v) is 7.30. The number of ether oxygens (including phenoxy) is 1. The molecule has 0 aromatic heterocycles. The number of carbonyl (C=O) groups excluding carboxylic acids is 1. The van der Waals surface area contributed by atoms with E-state index in [9.17, 15) is 14.9 Å². The average molecular weight is 381 g/mol. The maximum Gasteiger partial charge on any atom is 0.269 e. The molecular formula is C21H23N3O4. The van der Waals surface area contributed by atoms with Crippen molar-refractivity contribution in [2.24, 2.45) is 0 Å². The van der Waals surface area contributed by atoms with E-state index in [1.807, 2.05) is 4.90 Å². The molecule has 4 rings (SSSR count). The molecule has 0 spiro atoms. The zero-order chi connectivity index (χ0) is 19.5. The molecule has 0 unspecified atom stereocenters. The molecule has 1 amide bonds. The Morgan fingerprint density at radius 1 is 1.04 bits per heavy atom. The van der Waals surface area contributed by atoms with Crippen LogP contribution in [0.2, 0.25) is 0 Å². The Kier molecular flexibility index (Phi) is 5.25. The number of hydrogen-bond donors (Lipinski definition) is 0. The molecule has 28 heavy (non-hydrogen) atoms. The van der Waals surface area contributed by atoms with E-state index in [4.69, 9.17) is 4.74 Å². The van der Waals surface area contributed by atoms with Crippen molar-refractivity contribution in [2.75, 3.05) is 32.8 Å². The Hall–Kier alpha value is -2.93. The van der Waals surface area contributed by atoms with Crippen LogP contribution in [0.5, 0.6) is 5.75 Å². The summed E-state index contributed by atoms with van der Waals surface area (Å²) in [6.45, 7) is 4.77. The van der Waals surface area contributed by atoms with E-state index in [2.05, 4.69) is 23.1 Å². The quantitative estimate of drug-likeness (QED) is 0.587. The summed E-state index contributed by atoms with van der Waals surface area (Å²) >= 11 is 0. The number of fused-ring (bicyclic) bond motifs is 1. The number of benzene rings is 2. The Balaban J connectivity index is 1.27. The van der Waals surface area contributed by atoms with E-state index in [1.54, 1.807) is 12.1 Å². The lowest BCUT2D eigenvalue weighted by Crippen LogP contribution is -2.48. The van der Waals surface area contributed by atoms with E-state index in [-0.39, 0.29) is 18.0 Å². The molecule has 1 saturated heterocycles. The summed E-state index contributed by atoms with van der Waals surface area (Å²) in [7, 11) is 0. The number of piperazine rings is 1. The molecule has 0 radical (unpaired) electrons.